The summed E-state index contributed by atoms with van der Waals surface area (Å²) < 4.78 is 11.3. The minimum absolute atomic E-state index is 0.139. The van der Waals surface area contributed by atoms with Crippen LogP contribution in [0, 0.1) is 6.92 Å². The highest BCUT2D eigenvalue weighted by Crippen LogP contribution is 2.31. The van der Waals surface area contributed by atoms with Crippen LogP contribution in [-0.2, 0) is 4.79 Å². The predicted molar refractivity (Wildman–Crippen MR) is 111 cm³/mol. The number of aryl methyl sites for hydroxylation is 1. The van der Waals surface area contributed by atoms with E-state index in [0.717, 1.165) is 11.3 Å². The number of rotatable bonds is 4. The molecule has 3 aromatic rings. The minimum atomic E-state index is -0.741. The Hall–Kier alpha value is -3.80. The third-order valence-electron chi connectivity index (χ3n) is 4.53. The van der Waals surface area contributed by atoms with Crippen molar-refractivity contribution in [2.45, 2.75) is 13.0 Å². The monoisotopic (exact) mass is 388 g/mol. The van der Waals surface area contributed by atoms with Crippen molar-refractivity contribution in [2.75, 3.05) is 17.2 Å². The van der Waals surface area contributed by atoms with Gasteiger partial charge in [-0.05, 0) is 55.5 Å². The Kier molecular flexibility index (Phi) is 5.16. The first kappa shape index (κ1) is 18.6. The van der Waals surface area contributed by atoms with Crippen LogP contribution in [0.1, 0.15) is 15.9 Å². The van der Waals surface area contributed by atoms with Crippen LogP contribution >= 0.6 is 0 Å². The summed E-state index contributed by atoms with van der Waals surface area (Å²) in [6.07, 6.45) is -0.741. The summed E-state index contributed by atoms with van der Waals surface area (Å²) in [7, 11) is 0. The smallest absolute Gasteiger partial charge is 0.269 e. The van der Waals surface area contributed by atoms with Gasteiger partial charge in [-0.2, -0.15) is 0 Å². The molecule has 0 saturated carbocycles. The van der Waals surface area contributed by atoms with Gasteiger partial charge in [0.1, 0.15) is 6.61 Å². The van der Waals surface area contributed by atoms with E-state index >= 15 is 0 Å². The lowest BCUT2D eigenvalue weighted by Crippen LogP contribution is -2.40. The SMILES string of the molecule is Cc1ccc(NC(=O)c2ccc(NC(=O)[C@@H]3COc4ccccc4O3)cc2)cc1. The maximum absolute atomic E-state index is 12.5. The zero-order valence-electron chi connectivity index (χ0n) is 15.8. The zero-order valence-corrected chi connectivity index (χ0v) is 15.8. The number of carbonyl (C=O) groups excluding carboxylic acids is 2. The largest absolute Gasteiger partial charge is 0.485 e. The van der Waals surface area contributed by atoms with Crippen molar-refractivity contribution in [3.05, 3.63) is 83.9 Å². The maximum atomic E-state index is 12.5. The number of hydrogen-bond acceptors (Lipinski definition) is 4. The summed E-state index contributed by atoms with van der Waals surface area (Å²) in [6.45, 7) is 2.13. The molecule has 0 spiro atoms. The molecule has 3 aromatic carbocycles. The number of para-hydroxylation sites is 2. The number of carbonyl (C=O) groups is 2. The van der Waals surface area contributed by atoms with Crippen molar-refractivity contribution in [1.82, 2.24) is 0 Å². The molecule has 1 aliphatic heterocycles. The summed E-state index contributed by atoms with van der Waals surface area (Å²) in [5.74, 6) is 0.645. The van der Waals surface area contributed by atoms with E-state index in [0.29, 0.717) is 22.7 Å². The van der Waals surface area contributed by atoms with Gasteiger partial charge in [0.2, 0.25) is 6.10 Å². The fourth-order valence-electron chi connectivity index (χ4n) is 2.92. The Labute approximate surface area is 168 Å². The highest BCUT2D eigenvalue weighted by molar-refractivity contribution is 6.04. The molecule has 146 valence electrons. The number of fused-ring (bicyclic) bond motifs is 1. The first-order valence-corrected chi connectivity index (χ1v) is 9.26. The van der Waals surface area contributed by atoms with Crippen LogP contribution in [0.5, 0.6) is 11.5 Å². The molecule has 0 aromatic heterocycles. The van der Waals surface area contributed by atoms with E-state index in [1.54, 1.807) is 36.4 Å². The second-order valence-corrected chi connectivity index (χ2v) is 6.75. The second kappa shape index (κ2) is 8.06. The van der Waals surface area contributed by atoms with Crippen LogP contribution in [0.4, 0.5) is 11.4 Å². The summed E-state index contributed by atoms with van der Waals surface area (Å²) in [5, 5.41) is 5.63. The van der Waals surface area contributed by atoms with E-state index in [2.05, 4.69) is 10.6 Å². The van der Waals surface area contributed by atoms with Gasteiger partial charge in [0, 0.05) is 16.9 Å². The topological polar surface area (TPSA) is 76.7 Å². The number of nitrogens with one attached hydrogen (secondary N) is 2. The summed E-state index contributed by atoms with van der Waals surface area (Å²) in [4.78, 5) is 24.8. The Balaban J connectivity index is 1.36. The van der Waals surface area contributed by atoms with E-state index < -0.39 is 6.10 Å². The average Bonchev–Trinajstić information content (AvgIpc) is 2.75. The molecule has 2 amide bonds. The van der Waals surface area contributed by atoms with E-state index in [9.17, 15) is 9.59 Å². The Morgan fingerprint density at radius 3 is 2.17 bits per heavy atom. The molecular weight excluding hydrogens is 368 g/mol. The molecule has 2 N–H and O–H groups in total. The summed E-state index contributed by atoms with van der Waals surface area (Å²) in [6, 6.07) is 21.5. The number of anilines is 2. The van der Waals surface area contributed by atoms with Gasteiger partial charge in [0.15, 0.2) is 11.5 Å². The third kappa shape index (κ3) is 4.38. The lowest BCUT2D eigenvalue weighted by molar-refractivity contribution is -0.125. The van der Waals surface area contributed by atoms with Crippen molar-refractivity contribution in [1.29, 1.82) is 0 Å². The van der Waals surface area contributed by atoms with Crippen molar-refractivity contribution in [3.63, 3.8) is 0 Å². The first-order chi connectivity index (χ1) is 14.1. The van der Waals surface area contributed by atoms with Crippen molar-refractivity contribution >= 4 is 23.2 Å². The Morgan fingerprint density at radius 2 is 1.45 bits per heavy atom. The second-order valence-electron chi connectivity index (χ2n) is 6.75. The summed E-state index contributed by atoms with van der Waals surface area (Å²) in [5.41, 5.74) is 2.92. The molecule has 6 heteroatoms. The highest BCUT2D eigenvalue weighted by Gasteiger charge is 2.27. The molecule has 0 unspecified atom stereocenters. The van der Waals surface area contributed by atoms with Gasteiger partial charge in [-0.25, -0.2) is 0 Å². The van der Waals surface area contributed by atoms with E-state index in [1.807, 2.05) is 43.3 Å². The van der Waals surface area contributed by atoms with Gasteiger partial charge in [-0.3, -0.25) is 9.59 Å². The molecule has 1 aliphatic rings. The van der Waals surface area contributed by atoms with Gasteiger partial charge in [-0.15, -0.1) is 0 Å². The van der Waals surface area contributed by atoms with Gasteiger partial charge in [0.05, 0.1) is 0 Å². The standard InChI is InChI=1S/C23H20N2O4/c1-15-6-10-17(11-7-15)24-22(26)16-8-12-18(13-9-16)25-23(27)21-14-28-19-4-2-3-5-20(19)29-21/h2-13,21H,14H2,1H3,(H,24,26)(H,25,27)/t21-/m0/s1. The third-order valence-corrected chi connectivity index (χ3v) is 4.53. The van der Waals surface area contributed by atoms with Crippen LogP contribution < -0.4 is 20.1 Å². The molecular formula is C23H20N2O4. The molecule has 4 rings (SSSR count). The first-order valence-electron chi connectivity index (χ1n) is 9.26. The zero-order chi connectivity index (χ0) is 20.2. The summed E-state index contributed by atoms with van der Waals surface area (Å²) >= 11 is 0. The molecule has 6 nitrogen and oxygen atoms in total. The van der Waals surface area contributed by atoms with Crippen LogP contribution in [0.3, 0.4) is 0 Å². The van der Waals surface area contributed by atoms with Gasteiger partial charge < -0.3 is 20.1 Å². The van der Waals surface area contributed by atoms with Gasteiger partial charge in [-0.1, -0.05) is 29.8 Å². The Morgan fingerprint density at radius 1 is 0.828 bits per heavy atom. The molecule has 0 radical (unpaired) electrons. The molecule has 29 heavy (non-hydrogen) atoms. The fourth-order valence-corrected chi connectivity index (χ4v) is 2.92. The van der Waals surface area contributed by atoms with E-state index in [1.165, 1.54) is 0 Å². The van der Waals surface area contributed by atoms with Gasteiger partial charge in [0.25, 0.3) is 11.8 Å². The van der Waals surface area contributed by atoms with Crippen LogP contribution in [0.15, 0.2) is 72.8 Å². The highest BCUT2D eigenvalue weighted by atomic mass is 16.6. The van der Waals surface area contributed by atoms with Crippen molar-refractivity contribution in [2.24, 2.45) is 0 Å². The number of benzene rings is 3. The molecule has 0 saturated heterocycles. The van der Waals surface area contributed by atoms with Crippen molar-refractivity contribution in [3.8, 4) is 11.5 Å². The normalized spacial score (nSPS) is 14.7. The van der Waals surface area contributed by atoms with Gasteiger partial charge >= 0.3 is 0 Å². The Bertz CT molecular complexity index is 1030. The molecule has 0 fully saturated rings. The number of ether oxygens (including phenoxy) is 2. The molecule has 1 atom stereocenters. The molecule has 0 bridgehead atoms. The van der Waals surface area contributed by atoms with Crippen LogP contribution in [0.25, 0.3) is 0 Å². The van der Waals surface area contributed by atoms with Crippen LogP contribution in [-0.4, -0.2) is 24.5 Å². The fraction of sp³-hybridized carbons (Fsp3) is 0.130. The number of amides is 2. The quantitative estimate of drug-likeness (QED) is 0.708. The average molecular weight is 388 g/mol. The van der Waals surface area contributed by atoms with Crippen LogP contribution in [0.2, 0.25) is 0 Å². The predicted octanol–water partition coefficient (Wildman–Crippen LogP) is 4.03. The van der Waals surface area contributed by atoms with Crippen molar-refractivity contribution < 1.29 is 19.1 Å². The van der Waals surface area contributed by atoms with E-state index in [4.69, 9.17) is 9.47 Å². The lowest BCUT2D eigenvalue weighted by Gasteiger charge is -2.25. The lowest BCUT2D eigenvalue weighted by atomic mass is 10.1. The number of hydrogen-bond donors (Lipinski definition) is 2. The van der Waals surface area contributed by atoms with E-state index in [-0.39, 0.29) is 18.4 Å². The molecule has 0 aliphatic carbocycles. The minimum Gasteiger partial charge on any atom is -0.485 e. The molecule has 1 heterocycles. The maximum Gasteiger partial charge on any atom is 0.269 e.